The number of halogens is 2. The minimum Gasteiger partial charge on any atom is -0.324 e. The molecule has 0 radical (unpaired) electrons. The third-order valence-corrected chi connectivity index (χ3v) is 4.20. The van der Waals surface area contributed by atoms with E-state index in [4.69, 9.17) is 28.5 Å². The Kier molecular flexibility index (Phi) is 6.83. The van der Waals surface area contributed by atoms with Crippen LogP contribution in [0.5, 0.6) is 0 Å². The van der Waals surface area contributed by atoms with E-state index in [2.05, 4.69) is 5.32 Å². The normalized spacial score (nSPS) is 10.8. The van der Waals surface area contributed by atoms with Gasteiger partial charge in [0.2, 0.25) is 5.91 Å². The molecule has 0 spiro atoms. The van der Waals surface area contributed by atoms with Crippen molar-refractivity contribution in [1.29, 1.82) is 5.26 Å². The zero-order valence-corrected chi connectivity index (χ0v) is 15.6. The first kappa shape index (κ1) is 19.3. The predicted molar refractivity (Wildman–Crippen MR) is 102 cm³/mol. The molecule has 0 aliphatic rings. The van der Waals surface area contributed by atoms with Crippen molar-refractivity contribution in [3.8, 4) is 6.07 Å². The minimum atomic E-state index is -0.200. The second kappa shape index (κ2) is 8.87. The van der Waals surface area contributed by atoms with Gasteiger partial charge in [-0.1, -0.05) is 35.3 Å². The zero-order valence-electron chi connectivity index (χ0n) is 14.1. The first-order valence-electron chi connectivity index (χ1n) is 7.87. The monoisotopic (exact) mass is 375 g/mol. The molecule has 0 unspecified atom stereocenters. The summed E-state index contributed by atoms with van der Waals surface area (Å²) in [6.07, 6.45) is 0. The fraction of sp³-hybridized carbons (Fsp3) is 0.263. The highest BCUT2D eigenvalue weighted by molar-refractivity contribution is 6.31. The smallest absolute Gasteiger partial charge is 0.238 e. The summed E-state index contributed by atoms with van der Waals surface area (Å²) >= 11 is 12.0. The lowest BCUT2D eigenvalue weighted by molar-refractivity contribution is -0.117. The van der Waals surface area contributed by atoms with E-state index >= 15 is 0 Å². The van der Waals surface area contributed by atoms with Crippen LogP contribution < -0.4 is 5.32 Å². The number of benzene rings is 2. The Morgan fingerprint density at radius 3 is 2.56 bits per heavy atom. The highest BCUT2D eigenvalue weighted by Crippen LogP contribution is 2.20. The first-order chi connectivity index (χ1) is 11.9. The van der Waals surface area contributed by atoms with Gasteiger partial charge >= 0.3 is 0 Å². The molecule has 0 fully saturated rings. The molecule has 0 aliphatic heterocycles. The summed E-state index contributed by atoms with van der Waals surface area (Å²) in [5.74, 6) is -0.200. The maximum atomic E-state index is 12.4. The number of carbonyl (C=O) groups excluding carboxylic acids is 1. The molecular formula is C19H19Cl2N3O. The second-order valence-corrected chi connectivity index (χ2v) is 6.85. The molecule has 0 aliphatic carbocycles. The van der Waals surface area contributed by atoms with Crippen molar-refractivity contribution in [2.45, 2.75) is 26.4 Å². The number of rotatable bonds is 6. The molecule has 0 saturated heterocycles. The van der Waals surface area contributed by atoms with Crippen molar-refractivity contribution in [1.82, 2.24) is 4.90 Å². The molecule has 2 rings (SSSR count). The summed E-state index contributed by atoms with van der Waals surface area (Å²) in [7, 11) is 0. The summed E-state index contributed by atoms with van der Waals surface area (Å²) in [6, 6.07) is 14.6. The van der Waals surface area contributed by atoms with Gasteiger partial charge in [-0.2, -0.15) is 5.26 Å². The Morgan fingerprint density at radius 2 is 1.92 bits per heavy atom. The molecule has 4 nitrogen and oxygen atoms in total. The Bertz CT molecular complexity index is 799. The topological polar surface area (TPSA) is 56.1 Å². The lowest BCUT2D eigenvalue weighted by atomic mass is 10.1. The van der Waals surface area contributed by atoms with E-state index in [0.717, 1.165) is 5.56 Å². The van der Waals surface area contributed by atoms with Crippen LogP contribution in [0.3, 0.4) is 0 Å². The summed E-state index contributed by atoms with van der Waals surface area (Å²) in [5.41, 5.74) is 1.84. The number of nitriles is 1. The SMILES string of the molecule is CC(C)N(CC(=O)Nc1cc(Cl)ccc1C#N)Cc1cccc(Cl)c1. The predicted octanol–water partition coefficient (Wildman–Crippen LogP) is 4.71. The van der Waals surface area contributed by atoms with Crippen molar-refractivity contribution in [2.75, 3.05) is 11.9 Å². The van der Waals surface area contributed by atoms with E-state index in [9.17, 15) is 4.79 Å². The van der Waals surface area contributed by atoms with E-state index in [1.807, 2.05) is 49.1 Å². The van der Waals surface area contributed by atoms with Crippen LogP contribution in [-0.2, 0) is 11.3 Å². The number of hydrogen-bond donors (Lipinski definition) is 1. The molecule has 6 heteroatoms. The Labute approximate surface area is 158 Å². The number of nitrogens with zero attached hydrogens (tertiary/aromatic N) is 2. The van der Waals surface area contributed by atoms with Crippen molar-refractivity contribution in [3.63, 3.8) is 0 Å². The molecular weight excluding hydrogens is 357 g/mol. The maximum Gasteiger partial charge on any atom is 0.238 e. The number of hydrogen-bond acceptors (Lipinski definition) is 3. The summed E-state index contributed by atoms with van der Waals surface area (Å²) in [6.45, 7) is 4.85. The fourth-order valence-corrected chi connectivity index (χ4v) is 2.77. The van der Waals surface area contributed by atoms with E-state index in [1.165, 1.54) is 0 Å². The van der Waals surface area contributed by atoms with E-state index in [-0.39, 0.29) is 18.5 Å². The number of anilines is 1. The molecule has 130 valence electrons. The molecule has 0 heterocycles. The molecule has 0 aromatic heterocycles. The zero-order chi connectivity index (χ0) is 18.4. The van der Waals surface area contributed by atoms with Crippen LogP contribution in [-0.4, -0.2) is 23.4 Å². The van der Waals surface area contributed by atoms with Crippen LogP contribution in [0, 0.1) is 11.3 Å². The molecule has 25 heavy (non-hydrogen) atoms. The molecule has 1 N–H and O–H groups in total. The van der Waals surface area contributed by atoms with Crippen molar-refractivity contribution in [2.24, 2.45) is 0 Å². The average molecular weight is 376 g/mol. The van der Waals surface area contributed by atoms with Gasteiger partial charge in [-0.3, -0.25) is 9.69 Å². The van der Waals surface area contributed by atoms with Crippen LogP contribution in [0.15, 0.2) is 42.5 Å². The Balaban J connectivity index is 2.08. The minimum absolute atomic E-state index is 0.166. The number of amides is 1. The number of nitrogens with one attached hydrogen (secondary N) is 1. The molecule has 1 amide bonds. The van der Waals surface area contributed by atoms with E-state index in [1.54, 1.807) is 18.2 Å². The van der Waals surface area contributed by atoms with Gasteiger partial charge in [0.1, 0.15) is 6.07 Å². The molecule has 0 atom stereocenters. The second-order valence-electron chi connectivity index (χ2n) is 5.98. The average Bonchev–Trinajstić information content (AvgIpc) is 2.54. The first-order valence-corrected chi connectivity index (χ1v) is 8.62. The third kappa shape index (κ3) is 5.75. The number of carbonyl (C=O) groups is 1. The quantitative estimate of drug-likeness (QED) is 0.794. The van der Waals surface area contributed by atoms with Gasteiger partial charge in [-0.05, 0) is 49.7 Å². The van der Waals surface area contributed by atoms with E-state index in [0.29, 0.717) is 27.8 Å². The Hall–Kier alpha value is -2.06. The van der Waals surface area contributed by atoms with Crippen molar-refractivity contribution >= 4 is 34.8 Å². The summed E-state index contributed by atoms with van der Waals surface area (Å²) in [4.78, 5) is 14.5. The summed E-state index contributed by atoms with van der Waals surface area (Å²) < 4.78 is 0. The van der Waals surface area contributed by atoms with Gasteiger partial charge in [0.05, 0.1) is 17.8 Å². The lowest BCUT2D eigenvalue weighted by Crippen LogP contribution is -2.37. The molecule has 0 bridgehead atoms. The maximum absolute atomic E-state index is 12.4. The highest BCUT2D eigenvalue weighted by atomic mass is 35.5. The van der Waals surface area contributed by atoms with Gasteiger partial charge < -0.3 is 5.32 Å². The third-order valence-electron chi connectivity index (χ3n) is 3.73. The summed E-state index contributed by atoms with van der Waals surface area (Å²) in [5, 5.41) is 13.1. The van der Waals surface area contributed by atoms with Crippen molar-refractivity contribution in [3.05, 3.63) is 63.6 Å². The fourth-order valence-electron chi connectivity index (χ4n) is 2.38. The van der Waals surface area contributed by atoms with Crippen LogP contribution in [0.1, 0.15) is 25.0 Å². The molecule has 2 aromatic carbocycles. The largest absolute Gasteiger partial charge is 0.324 e. The lowest BCUT2D eigenvalue weighted by Gasteiger charge is -2.26. The van der Waals surface area contributed by atoms with Crippen molar-refractivity contribution < 1.29 is 4.79 Å². The standard InChI is InChI=1S/C19H19Cl2N3O/c1-13(2)24(11-14-4-3-5-16(20)8-14)12-19(25)23-18-9-17(21)7-6-15(18)10-22/h3-9,13H,11-12H2,1-2H3,(H,23,25). The van der Waals surface area contributed by atoms with Crippen LogP contribution in [0.2, 0.25) is 10.0 Å². The van der Waals surface area contributed by atoms with Gasteiger partial charge in [0, 0.05) is 22.6 Å². The van der Waals surface area contributed by atoms with E-state index < -0.39 is 0 Å². The van der Waals surface area contributed by atoms with Gasteiger partial charge in [0.25, 0.3) is 0 Å². The van der Waals surface area contributed by atoms with Crippen LogP contribution in [0.4, 0.5) is 5.69 Å². The molecule has 2 aromatic rings. The molecule has 0 saturated carbocycles. The van der Waals surface area contributed by atoms with Crippen LogP contribution >= 0.6 is 23.2 Å². The van der Waals surface area contributed by atoms with Gasteiger partial charge in [-0.25, -0.2) is 0 Å². The van der Waals surface area contributed by atoms with Gasteiger partial charge in [-0.15, -0.1) is 0 Å². The van der Waals surface area contributed by atoms with Gasteiger partial charge in [0.15, 0.2) is 0 Å². The van der Waals surface area contributed by atoms with Crippen LogP contribution in [0.25, 0.3) is 0 Å². The Morgan fingerprint density at radius 1 is 1.20 bits per heavy atom. The highest BCUT2D eigenvalue weighted by Gasteiger charge is 2.16.